The van der Waals surface area contributed by atoms with E-state index >= 15 is 0 Å². The highest BCUT2D eigenvalue weighted by molar-refractivity contribution is 7.98. The summed E-state index contributed by atoms with van der Waals surface area (Å²) in [7, 11) is -1.85. The lowest BCUT2D eigenvalue weighted by atomic mass is 10.1. The molecule has 16 heavy (non-hydrogen) atoms. The number of sulfone groups is 1. The van der Waals surface area contributed by atoms with E-state index in [9.17, 15) is 8.42 Å². The largest absolute Gasteiger partial charge is 0.497 e. The second kappa shape index (κ2) is 3.68. The third-order valence-corrected chi connectivity index (χ3v) is 3.69. The molecule has 0 bridgehead atoms. The molecule has 0 radical (unpaired) electrons. The molecule has 1 aliphatic heterocycles. The molecule has 1 aromatic rings. The van der Waals surface area contributed by atoms with Crippen molar-refractivity contribution in [3.8, 4) is 5.75 Å². The van der Waals surface area contributed by atoms with E-state index in [0.717, 1.165) is 11.0 Å². The minimum atomic E-state index is -3.41. The van der Waals surface area contributed by atoms with E-state index in [-0.39, 0.29) is 5.03 Å². The van der Waals surface area contributed by atoms with Crippen LogP contribution in [0.3, 0.4) is 0 Å². The van der Waals surface area contributed by atoms with E-state index < -0.39 is 9.84 Å². The summed E-state index contributed by atoms with van der Waals surface area (Å²) in [5.74, 6) is 0.662. The molecule has 1 aliphatic rings. The van der Waals surface area contributed by atoms with Gasteiger partial charge >= 0.3 is 0 Å². The van der Waals surface area contributed by atoms with Gasteiger partial charge in [-0.1, -0.05) is 12.1 Å². The van der Waals surface area contributed by atoms with Gasteiger partial charge in [-0.2, -0.15) is 0 Å². The summed E-state index contributed by atoms with van der Waals surface area (Å²) in [6.45, 7) is 0. The fourth-order valence-corrected chi connectivity index (χ4v) is 2.45. The maximum atomic E-state index is 11.4. The van der Waals surface area contributed by atoms with Crippen molar-refractivity contribution >= 4 is 15.4 Å². The highest BCUT2D eigenvalue weighted by atomic mass is 32.2. The number of hydrogen-bond acceptors (Lipinski definition) is 4. The minimum absolute atomic E-state index is 0.110. The Morgan fingerprint density at radius 1 is 1.31 bits per heavy atom. The smallest absolute Gasteiger partial charge is 0.215 e. The molecule has 2 rings (SSSR count). The van der Waals surface area contributed by atoms with E-state index in [1.54, 1.807) is 31.4 Å². The second-order valence-corrected chi connectivity index (χ2v) is 5.16. The minimum Gasteiger partial charge on any atom is -0.497 e. The molecular weight excluding hydrogens is 226 g/mol. The van der Waals surface area contributed by atoms with Crippen LogP contribution >= 0.6 is 0 Å². The van der Waals surface area contributed by atoms with Crippen LogP contribution in [-0.4, -0.2) is 15.5 Å². The Morgan fingerprint density at radius 3 is 2.62 bits per heavy atom. The number of nitrogens with two attached hydrogens (primary N) is 1. The summed E-state index contributed by atoms with van der Waals surface area (Å²) in [6.07, 6.45) is 1.50. The van der Waals surface area contributed by atoms with Crippen LogP contribution in [0.25, 0.3) is 5.57 Å². The van der Waals surface area contributed by atoms with Crippen LogP contribution in [0, 0.1) is 0 Å². The van der Waals surface area contributed by atoms with Gasteiger partial charge in [0.15, 0.2) is 0 Å². The Kier molecular flexibility index (Phi) is 2.47. The third-order valence-electron chi connectivity index (χ3n) is 2.37. The predicted molar refractivity (Wildman–Crippen MR) is 62.2 cm³/mol. The van der Waals surface area contributed by atoms with E-state index in [0.29, 0.717) is 11.3 Å². The quantitative estimate of drug-likeness (QED) is 0.840. The van der Waals surface area contributed by atoms with E-state index in [4.69, 9.17) is 10.5 Å². The first kappa shape index (κ1) is 10.8. The first-order chi connectivity index (χ1) is 7.54. The van der Waals surface area contributed by atoms with Crippen molar-refractivity contribution in [1.82, 2.24) is 0 Å². The molecule has 0 saturated heterocycles. The van der Waals surface area contributed by atoms with Crippen LogP contribution in [-0.2, 0) is 9.84 Å². The Hall–Kier alpha value is -1.75. The average Bonchev–Trinajstić information content (AvgIpc) is 2.55. The van der Waals surface area contributed by atoms with Gasteiger partial charge in [-0.15, -0.1) is 0 Å². The van der Waals surface area contributed by atoms with Crippen LogP contribution in [0.4, 0.5) is 0 Å². The Labute approximate surface area is 93.9 Å². The van der Waals surface area contributed by atoms with E-state index in [1.807, 2.05) is 0 Å². The van der Waals surface area contributed by atoms with E-state index in [2.05, 4.69) is 0 Å². The fraction of sp³-hybridized carbons (Fsp3) is 0.0909. The zero-order valence-electron chi connectivity index (χ0n) is 8.67. The molecule has 0 aromatic heterocycles. The molecule has 0 amide bonds. The molecule has 0 spiro atoms. The van der Waals surface area contributed by atoms with Gasteiger partial charge in [-0.25, -0.2) is 8.42 Å². The zero-order valence-corrected chi connectivity index (χ0v) is 9.49. The van der Waals surface area contributed by atoms with Gasteiger partial charge in [0.25, 0.3) is 0 Å². The number of hydrogen-bond donors (Lipinski definition) is 1. The van der Waals surface area contributed by atoms with Crippen LogP contribution in [0.15, 0.2) is 40.8 Å². The van der Waals surface area contributed by atoms with Crippen LogP contribution in [0.5, 0.6) is 5.75 Å². The summed E-state index contributed by atoms with van der Waals surface area (Å²) in [5, 5.41) is 0.998. The van der Waals surface area contributed by atoms with Crippen LogP contribution in [0.1, 0.15) is 5.56 Å². The summed E-state index contributed by atoms with van der Waals surface area (Å²) in [5.41, 5.74) is 6.81. The topological polar surface area (TPSA) is 69.4 Å². The van der Waals surface area contributed by atoms with Crippen molar-refractivity contribution in [1.29, 1.82) is 0 Å². The van der Waals surface area contributed by atoms with Crippen molar-refractivity contribution in [2.24, 2.45) is 5.73 Å². The summed E-state index contributed by atoms with van der Waals surface area (Å²) < 4.78 is 27.9. The number of methoxy groups -OCH3 is 1. The number of rotatable bonds is 2. The molecular formula is C11H11NO3S. The summed E-state index contributed by atoms with van der Waals surface area (Å²) >= 11 is 0. The van der Waals surface area contributed by atoms with Gasteiger partial charge < -0.3 is 10.5 Å². The first-order valence-corrected chi connectivity index (χ1v) is 6.16. The zero-order chi connectivity index (χ0) is 11.8. The van der Waals surface area contributed by atoms with Crippen molar-refractivity contribution in [3.05, 3.63) is 46.3 Å². The number of ether oxygens (including phenoxy) is 1. The van der Waals surface area contributed by atoms with Gasteiger partial charge in [-0.3, -0.25) is 0 Å². The number of allylic oxidation sites excluding steroid dienone is 2. The van der Waals surface area contributed by atoms with Gasteiger partial charge in [0.05, 0.1) is 7.11 Å². The molecule has 5 heteroatoms. The van der Waals surface area contributed by atoms with Crippen molar-refractivity contribution in [3.63, 3.8) is 0 Å². The molecule has 0 saturated carbocycles. The highest BCUT2D eigenvalue weighted by Gasteiger charge is 2.22. The van der Waals surface area contributed by atoms with Gasteiger partial charge in [0.2, 0.25) is 9.84 Å². The Bertz CT molecular complexity index is 585. The Balaban J connectivity index is 2.55. The third kappa shape index (κ3) is 1.69. The maximum absolute atomic E-state index is 11.4. The van der Waals surface area contributed by atoms with Crippen molar-refractivity contribution in [2.45, 2.75) is 0 Å². The molecule has 1 aromatic carbocycles. The first-order valence-electron chi connectivity index (χ1n) is 4.62. The van der Waals surface area contributed by atoms with Gasteiger partial charge in [0, 0.05) is 11.0 Å². The Morgan fingerprint density at radius 2 is 2.06 bits per heavy atom. The summed E-state index contributed by atoms with van der Waals surface area (Å²) in [6, 6.07) is 7.10. The maximum Gasteiger partial charge on any atom is 0.215 e. The molecule has 84 valence electrons. The fourth-order valence-electron chi connectivity index (χ4n) is 1.50. The SMILES string of the molecule is COc1cccc(C2=C(N)S(=O)(=O)C=C2)c1. The lowest BCUT2D eigenvalue weighted by molar-refractivity contribution is 0.414. The lowest BCUT2D eigenvalue weighted by Gasteiger charge is -2.04. The normalized spacial score (nSPS) is 17.8. The average molecular weight is 237 g/mol. The standard InChI is InChI=1S/C11H11NO3S/c1-15-9-4-2-3-8(7-9)10-5-6-16(13,14)11(10)12/h2-7H,12H2,1H3. The molecule has 4 nitrogen and oxygen atoms in total. The molecule has 1 heterocycles. The van der Waals surface area contributed by atoms with E-state index in [1.165, 1.54) is 6.08 Å². The summed E-state index contributed by atoms with van der Waals surface area (Å²) in [4.78, 5) is 0. The lowest BCUT2D eigenvalue weighted by Crippen LogP contribution is -2.07. The predicted octanol–water partition coefficient (Wildman–Crippen LogP) is 1.26. The molecule has 0 unspecified atom stereocenters. The molecule has 0 fully saturated rings. The molecule has 0 atom stereocenters. The van der Waals surface area contributed by atoms with Crippen LogP contribution in [0.2, 0.25) is 0 Å². The molecule has 2 N–H and O–H groups in total. The van der Waals surface area contributed by atoms with Crippen molar-refractivity contribution < 1.29 is 13.2 Å². The number of benzene rings is 1. The second-order valence-electron chi connectivity index (χ2n) is 3.36. The monoisotopic (exact) mass is 237 g/mol. The molecule has 0 aliphatic carbocycles. The highest BCUT2D eigenvalue weighted by Crippen LogP contribution is 2.29. The van der Waals surface area contributed by atoms with Gasteiger partial charge in [0.1, 0.15) is 10.8 Å². The van der Waals surface area contributed by atoms with Crippen molar-refractivity contribution in [2.75, 3.05) is 7.11 Å². The van der Waals surface area contributed by atoms with Gasteiger partial charge in [-0.05, 0) is 23.8 Å². The van der Waals surface area contributed by atoms with Crippen LogP contribution < -0.4 is 10.5 Å².